The predicted molar refractivity (Wildman–Crippen MR) is 110 cm³/mol. The topological polar surface area (TPSA) is 43.0 Å². The summed E-state index contributed by atoms with van der Waals surface area (Å²) in [7, 11) is 7.48. The first-order chi connectivity index (χ1) is 12.9. The van der Waals surface area contributed by atoms with Crippen molar-refractivity contribution in [1.82, 2.24) is 10.2 Å². The molecule has 0 saturated heterocycles. The minimum atomic E-state index is 0.0763. The highest BCUT2D eigenvalue weighted by Gasteiger charge is 2.20. The van der Waals surface area contributed by atoms with Crippen molar-refractivity contribution in [3.05, 3.63) is 53.6 Å². The molecular formula is C22H32N2O3. The molecule has 0 amide bonds. The van der Waals surface area contributed by atoms with Gasteiger partial charge >= 0.3 is 0 Å². The zero-order valence-corrected chi connectivity index (χ0v) is 17.3. The van der Waals surface area contributed by atoms with Gasteiger partial charge in [-0.3, -0.25) is 0 Å². The highest BCUT2D eigenvalue weighted by Crippen LogP contribution is 2.39. The normalized spacial score (nSPS) is 11.5. The van der Waals surface area contributed by atoms with Gasteiger partial charge in [-0.1, -0.05) is 30.3 Å². The van der Waals surface area contributed by atoms with Crippen LogP contribution in [0.25, 0.3) is 0 Å². The Balaban J connectivity index is 2.10. The number of nitrogens with one attached hydrogen (secondary N) is 1. The van der Waals surface area contributed by atoms with E-state index >= 15 is 0 Å². The molecule has 0 radical (unpaired) electrons. The van der Waals surface area contributed by atoms with Crippen molar-refractivity contribution < 1.29 is 14.2 Å². The molecule has 148 valence electrons. The second kappa shape index (κ2) is 9.62. The summed E-state index contributed by atoms with van der Waals surface area (Å²) >= 11 is 0. The van der Waals surface area contributed by atoms with Crippen LogP contribution in [0.2, 0.25) is 0 Å². The maximum absolute atomic E-state index is 6.00. The van der Waals surface area contributed by atoms with Crippen LogP contribution in [0, 0.1) is 0 Å². The van der Waals surface area contributed by atoms with Crippen molar-refractivity contribution in [2.45, 2.75) is 32.5 Å². The molecule has 2 rings (SSSR count). The van der Waals surface area contributed by atoms with Crippen molar-refractivity contribution in [1.29, 1.82) is 0 Å². The van der Waals surface area contributed by atoms with Crippen LogP contribution in [0.3, 0.4) is 0 Å². The molecule has 1 N–H and O–H groups in total. The lowest BCUT2D eigenvalue weighted by Gasteiger charge is -2.32. The van der Waals surface area contributed by atoms with Gasteiger partial charge in [-0.25, -0.2) is 0 Å². The lowest BCUT2D eigenvalue weighted by Crippen LogP contribution is -2.46. The van der Waals surface area contributed by atoms with Gasteiger partial charge in [0.1, 0.15) is 6.61 Å². The molecule has 0 aromatic heterocycles. The van der Waals surface area contributed by atoms with E-state index in [-0.39, 0.29) is 5.54 Å². The highest BCUT2D eigenvalue weighted by atomic mass is 16.5. The number of benzene rings is 2. The summed E-state index contributed by atoms with van der Waals surface area (Å²) in [5.41, 5.74) is 2.26. The van der Waals surface area contributed by atoms with Crippen molar-refractivity contribution in [3.63, 3.8) is 0 Å². The van der Waals surface area contributed by atoms with Gasteiger partial charge in [0.25, 0.3) is 0 Å². The number of likely N-dealkylation sites (N-methyl/N-ethyl adjacent to an activating group) is 1. The number of hydrogen-bond donors (Lipinski definition) is 1. The molecule has 0 spiro atoms. The largest absolute Gasteiger partial charge is 0.493 e. The Bertz CT molecular complexity index is 690. The van der Waals surface area contributed by atoms with Crippen LogP contribution in [-0.4, -0.2) is 45.3 Å². The van der Waals surface area contributed by atoms with E-state index in [0.717, 1.165) is 24.2 Å². The Labute approximate surface area is 163 Å². The van der Waals surface area contributed by atoms with E-state index < -0.39 is 0 Å². The minimum Gasteiger partial charge on any atom is -0.493 e. The second-order valence-corrected chi connectivity index (χ2v) is 7.41. The number of ether oxygens (including phenoxy) is 3. The lowest BCUT2D eigenvalue weighted by molar-refractivity contribution is 0.189. The zero-order chi connectivity index (χ0) is 19.9. The lowest BCUT2D eigenvalue weighted by atomic mass is 10.0. The maximum Gasteiger partial charge on any atom is 0.203 e. The molecule has 0 unspecified atom stereocenters. The van der Waals surface area contributed by atoms with E-state index in [1.165, 1.54) is 0 Å². The monoisotopic (exact) mass is 372 g/mol. The van der Waals surface area contributed by atoms with Gasteiger partial charge in [0.05, 0.1) is 14.2 Å². The van der Waals surface area contributed by atoms with Crippen molar-refractivity contribution in [3.8, 4) is 17.2 Å². The van der Waals surface area contributed by atoms with Crippen molar-refractivity contribution in [2.75, 3.05) is 34.9 Å². The molecule has 0 saturated carbocycles. The first-order valence-corrected chi connectivity index (χ1v) is 9.17. The van der Waals surface area contributed by atoms with E-state index in [4.69, 9.17) is 14.2 Å². The third-order valence-corrected chi connectivity index (χ3v) is 4.84. The number of methoxy groups -OCH3 is 2. The Morgan fingerprint density at radius 1 is 0.926 bits per heavy atom. The molecule has 5 nitrogen and oxygen atoms in total. The van der Waals surface area contributed by atoms with Crippen LogP contribution in [0.1, 0.15) is 25.0 Å². The standard InChI is InChI=1S/C22H32N2O3/c1-22(2,24(3)4)16-23-14-18-12-19(25-5)21(20(13-18)26-6)27-15-17-10-8-7-9-11-17/h7-13,23H,14-16H2,1-6H3. The molecule has 0 fully saturated rings. The van der Waals surface area contributed by atoms with E-state index in [0.29, 0.717) is 23.9 Å². The molecule has 2 aromatic rings. The molecule has 0 atom stereocenters. The predicted octanol–water partition coefficient (Wildman–Crippen LogP) is 3.71. The summed E-state index contributed by atoms with van der Waals surface area (Å²) in [6.45, 7) is 6.48. The Kier molecular flexibility index (Phi) is 7.51. The summed E-state index contributed by atoms with van der Waals surface area (Å²) in [6.07, 6.45) is 0. The van der Waals surface area contributed by atoms with Gasteiger partial charge in [0.15, 0.2) is 11.5 Å². The Morgan fingerprint density at radius 2 is 1.52 bits per heavy atom. The number of nitrogens with zero attached hydrogens (tertiary/aromatic N) is 1. The average molecular weight is 373 g/mol. The summed E-state index contributed by atoms with van der Waals surface area (Å²) < 4.78 is 17.1. The minimum absolute atomic E-state index is 0.0763. The maximum atomic E-state index is 6.00. The third kappa shape index (κ3) is 5.88. The molecular weight excluding hydrogens is 340 g/mol. The second-order valence-electron chi connectivity index (χ2n) is 7.41. The molecule has 0 aliphatic heterocycles. The molecule has 0 aliphatic rings. The summed E-state index contributed by atoms with van der Waals surface area (Å²) in [4.78, 5) is 2.21. The van der Waals surface area contributed by atoms with Crippen molar-refractivity contribution >= 4 is 0 Å². The molecule has 5 heteroatoms. The van der Waals surface area contributed by atoms with Crippen LogP contribution < -0.4 is 19.5 Å². The Morgan fingerprint density at radius 3 is 2.04 bits per heavy atom. The van der Waals surface area contributed by atoms with Crippen molar-refractivity contribution in [2.24, 2.45) is 0 Å². The first kappa shape index (κ1) is 21.1. The van der Waals surface area contributed by atoms with E-state index in [1.54, 1.807) is 14.2 Å². The van der Waals surface area contributed by atoms with Gasteiger partial charge in [-0.15, -0.1) is 0 Å². The van der Waals surface area contributed by atoms with Gasteiger partial charge in [0.2, 0.25) is 5.75 Å². The third-order valence-electron chi connectivity index (χ3n) is 4.84. The fourth-order valence-corrected chi connectivity index (χ4v) is 2.58. The summed E-state index contributed by atoms with van der Waals surface area (Å²) in [6, 6.07) is 14.0. The van der Waals surface area contributed by atoms with Gasteiger partial charge in [-0.05, 0) is 51.2 Å². The first-order valence-electron chi connectivity index (χ1n) is 9.17. The molecule has 0 heterocycles. The highest BCUT2D eigenvalue weighted by molar-refractivity contribution is 5.54. The van der Waals surface area contributed by atoms with Crippen LogP contribution >= 0.6 is 0 Å². The van der Waals surface area contributed by atoms with Crippen LogP contribution in [0.4, 0.5) is 0 Å². The Hall–Kier alpha value is -2.24. The van der Waals surface area contributed by atoms with E-state index in [1.807, 2.05) is 42.5 Å². The van der Waals surface area contributed by atoms with Crippen LogP contribution in [0.5, 0.6) is 17.2 Å². The number of rotatable bonds is 10. The average Bonchev–Trinajstić information content (AvgIpc) is 2.66. The fraction of sp³-hybridized carbons (Fsp3) is 0.455. The molecule has 2 aromatic carbocycles. The zero-order valence-electron chi connectivity index (χ0n) is 17.3. The van der Waals surface area contributed by atoms with Gasteiger partial charge in [0, 0.05) is 18.6 Å². The summed E-state index contributed by atoms with van der Waals surface area (Å²) in [5.74, 6) is 1.98. The quantitative estimate of drug-likeness (QED) is 0.689. The molecule has 27 heavy (non-hydrogen) atoms. The smallest absolute Gasteiger partial charge is 0.203 e. The van der Waals surface area contributed by atoms with E-state index in [2.05, 4.69) is 38.2 Å². The SMILES string of the molecule is COc1cc(CNCC(C)(C)N(C)C)cc(OC)c1OCc1ccccc1. The molecule has 0 bridgehead atoms. The summed E-state index contributed by atoms with van der Waals surface area (Å²) in [5, 5.41) is 3.51. The van der Waals surface area contributed by atoms with Gasteiger partial charge < -0.3 is 24.4 Å². The van der Waals surface area contributed by atoms with E-state index in [9.17, 15) is 0 Å². The van der Waals surface area contributed by atoms with Crippen LogP contribution in [0.15, 0.2) is 42.5 Å². The van der Waals surface area contributed by atoms with Crippen LogP contribution in [-0.2, 0) is 13.2 Å². The fourth-order valence-electron chi connectivity index (χ4n) is 2.58. The number of hydrogen-bond acceptors (Lipinski definition) is 5. The van der Waals surface area contributed by atoms with Gasteiger partial charge in [-0.2, -0.15) is 0 Å². The molecule has 0 aliphatic carbocycles.